The summed E-state index contributed by atoms with van der Waals surface area (Å²) in [4.78, 5) is 0.239. The van der Waals surface area contributed by atoms with E-state index >= 15 is 0 Å². The van der Waals surface area contributed by atoms with Gasteiger partial charge in [-0.25, -0.2) is 4.39 Å². The van der Waals surface area contributed by atoms with Crippen molar-refractivity contribution in [2.75, 3.05) is 0 Å². The fourth-order valence-corrected chi connectivity index (χ4v) is 2.26. The van der Waals surface area contributed by atoms with Gasteiger partial charge < -0.3 is 5.73 Å². The molecule has 0 radical (unpaired) electrons. The molecule has 0 saturated heterocycles. The zero-order chi connectivity index (χ0) is 14.2. The molecule has 0 spiro atoms. The van der Waals surface area contributed by atoms with Gasteiger partial charge in [-0.2, -0.15) is 5.10 Å². The van der Waals surface area contributed by atoms with Crippen molar-refractivity contribution in [1.82, 2.24) is 9.78 Å². The first-order valence-corrected chi connectivity index (χ1v) is 6.46. The van der Waals surface area contributed by atoms with Gasteiger partial charge in [-0.15, -0.1) is 0 Å². The molecule has 1 heterocycles. The Balaban J connectivity index is 2.45. The molecular formula is C13H13ClFN3S. The first kappa shape index (κ1) is 14.0. The third kappa shape index (κ3) is 2.77. The van der Waals surface area contributed by atoms with Crippen molar-refractivity contribution < 1.29 is 4.39 Å². The highest BCUT2D eigenvalue weighted by atomic mass is 35.5. The number of nitrogens with two attached hydrogens (primary N) is 1. The molecule has 0 aliphatic heterocycles. The van der Waals surface area contributed by atoms with Crippen molar-refractivity contribution in [1.29, 1.82) is 0 Å². The van der Waals surface area contributed by atoms with Gasteiger partial charge in [0, 0.05) is 5.56 Å². The van der Waals surface area contributed by atoms with Crippen molar-refractivity contribution in [3.05, 3.63) is 51.6 Å². The lowest BCUT2D eigenvalue weighted by Gasteiger charge is -2.10. The Hall–Kier alpha value is -1.46. The van der Waals surface area contributed by atoms with Crippen molar-refractivity contribution in [3.63, 3.8) is 0 Å². The maximum atomic E-state index is 13.4. The van der Waals surface area contributed by atoms with Crippen LogP contribution in [0, 0.1) is 19.7 Å². The minimum absolute atomic E-state index is 0.239. The minimum Gasteiger partial charge on any atom is -0.389 e. The molecule has 3 nitrogen and oxygen atoms in total. The van der Waals surface area contributed by atoms with Crippen LogP contribution in [0.2, 0.25) is 5.02 Å². The average molecular weight is 298 g/mol. The van der Waals surface area contributed by atoms with Crippen LogP contribution in [0.4, 0.5) is 4.39 Å². The Morgan fingerprint density at radius 1 is 1.47 bits per heavy atom. The van der Waals surface area contributed by atoms with E-state index in [0.29, 0.717) is 22.7 Å². The van der Waals surface area contributed by atoms with E-state index in [1.807, 2.05) is 13.8 Å². The fourth-order valence-electron chi connectivity index (χ4n) is 1.92. The number of benzene rings is 1. The number of aryl methyl sites for hydroxylation is 1. The van der Waals surface area contributed by atoms with Crippen molar-refractivity contribution in [2.24, 2.45) is 5.73 Å². The van der Waals surface area contributed by atoms with Gasteiger partial charge in [-0.05, 0) is 37.6 Å². The van der Waals surface area contributed by atoms with Crippen LogP contribution in [0.1, 0.15) is 22.5 Å². The van der Waals surface area contributed by atoms with Crippen LogP contribution in [0.15, 0.2) is 18.2 Å². The first-order valence-electron chi connectivity index (χ1n) is 5.68. The van der Waals surface area contributed by atoms with Gasteiger partial charge in [0.1, 0.15) is 10.8 Å². The van der Waals surface area contributed by atoms with Crippen LogP contribution >= 0.6 is 23.8 Å². The third-order valence-electron chi connectivity index (χ3n) is 2.95. The van der Waals surface area contributed by atoms with E-state index in [-0.39, 0.29) is 10.8 Å². The van der Waals surface area contributed by atoms with Gasteiger partial charge in [0.15, 0.2) is 0 Å². The van der Waals surface area contributed by atoms with E-state index in [4.69, 9.17) is 29.6 Å². The first-order chi connectivity index (χ1) is 8.90. The maximum Gasteiger partial charge on any atom is 0.123 e. The van der Waals surface area contributed by atoms with Crippen LogP contribution in [-0.2, 0) is 6.54 Å². The summed E-state index contributed by atoms with van der Waals surface area (Å²) in [5, 5.41) is 4.93. The fraction of sp³-hybridized carbons (Fsp3) is 0.231. The van der Waals surface area contributed by atoms with Gasteiger partial charge in [0.2, 0.25) is 0 Å². The molecule has 6 heteroatoms. The second-order valence-electron chi connectivity index (χ2n) is 4.31. The largest absolute Gasteiger partial charge is 0.389 e. The summed E-state index contributed by atoms with van der Waals surface area (Å²) in [6, 6.07) is 4.34. The van der Waals surface area contributed by atoms with Crippen LogP contribution in [0.25, 0.3) is 0 Å². The highest BCUT2D eigenvalue weighted by Crippen LogP contribution is 2.21. The molecule has 0 unspecified atom stereocenters. The number of nitrogens with zero attached hydrogens (tertiary/aromatic N) is 2. The summed E-state index contributed by atoms with van der Waals surface area (Å²) in [6.07, 6.45) is 0. The van der Waals surface area contributed by atoms with E-state index in [0.717, 1.165) is 11.4 Å². The standard InChI is InChI=1S/C13H13ClFN3S/c1-7-12(14)8(2)18(17-7)6-9-5-10(15)3-4-11(9)13(16)19/h3-5H,6H2,1-2H3,(H2,16,19). The van der Waals surface area contributed by atoms with Gasteiger partial charge in [-0.3, -0.25) is 4.68 Å². The number of aromatic nitrogens is 2. The summed E-state index contributed by atoms with van der Waals surface area (Å²) in [5.74, 6) is -0.331. The molecule has 0 atom stereocenters. The normalized spacial score (nSPS) is 10.7. The van der Waals surface area contributed by atoms with Gasteiger partial charge in [0.25, 0.3) is 0 Å². The van der Waals surface area contributed by atoms with E-state index < -0.39 is 0 Å². The summed E-state index contributed by atoms with van der Waals surface area (Å²) >= 11 is 11.1. The summed E-state index contributed by atoms with van der Waals surface area (Å²) in [7, 11) is 0. The highest BCUT2D eigenvalue weighted by Gasteiger charge is 2.12. The lowest BCUT2D eigenvalue weighted by Crippen LogP contribution is -2.15. The molecule has 1 aromatic heterocycles. The molecule has 100 valence electrons. The summed E-state index contributed by atoms with van der Waals surface area (Å²) < 4.78 is 15.1. The average Bonchev–Trinajstić information content (AvgIpc) is 2.57. The molecule has 0 aliphatic carbocycles. The molecule has 2 N–H and O–H groups in total. The Kier molecular flexibility index (Phi) is 3.87. The predicted octanol–water partition coefficient (Wildman–Crippen LogP) is 2.97. The van der Waals surface area contributed by atoms with Gasteiger partial charge in [-0.1, -0.05) is 23.8 Å². The quantitative estimate of drug-likeness (QED) is 0.886. The number of thiocarbonyl (C=S) groups is 1. The Morgan fingerprint density at radius 3 is 2.68 bits per heavy atom. The van der Waals surface area contributed by atoms with Crippen molar-refractivity contribution >= 4 is 28.8 Å². The second kappa shape index (κ2) is 5.27. The van der Waals surface area contributed by atoms with E-state index in [1.54, 1.807) is 10.7 Å². The minimum atomic E-state index is -0.331. The molecule has 0 amide bonds. The van der Waals surface area contributed by atoms with Crippen LogP contribution in [0.5, 0.6) is 0 Å². The van der Waals surface area contributed by atoms with Gasteiger partial charge in [0.05, 0.1) is 23.0 Å². The topological polar surface area (TPSA) is 43.8 Å². The summed E-state index contributed by atoms with van der Waals surface area (Å²) in [5.41, 5.74) is 8.56. The van der Waals surface area contributed by atoms with Crippen molar-refractivity contribution in [3.8, 4) is 0 Å². The third-order valence-corrected chi connectivity index (χ3v) is 3.71. The Bertz CT molecular complexity index is 652. The lowest BCUT2D eigenvalue weighted by atomic mass is 10.1. The molecule has 0 bridgehead atoms. The number of hydrogen-bond acceptors (Lipinski definition) is 2. The van der Waals surface area contributed by atoms with E-state index in [9.17, 15) is 4.39 Å². The molecule has 19 heavy (non-hydrogen) atoms. The predicted molar refractivity (Wildman–Crippen MR) is 78.1 cm³/mol. The molecule has 2 aromatic rings. The van der Waals surface area contributed by atoms with E-state index in [2.05, 4.69) is 5.10 Å². The number of halogens is 2. The number of hydrogen-bond donors (Lipinski definition) is 1. The molecule has 0 fully saturated rings. The Labute approximate surface area is 121 Å². The zero-order valence-electron chi connectivity index (χ0n) is 10.6. The number of rotatable bonds is 3. The smallest absolute Gasteiger partial charge is 0.123 e. The van der Waals surface area contributed by atoms with Crippen LogP contribution in [-0.4, -0.2) is 14.8 Å². The van der Waals surface area contributed by atoms with E-state index in [1.165, 1.54) is 12.1 Å². The molecule has 2 rings (SSSR count). The second-order valence-corrected chi connectivity index (χ2v) is 5.13. The zero-order valence-corrected chi connectivity index (χ0v) is 12.1. The Morgan fingerprint density at radius 2 is 2.16 bits per heavy atom. The monoisotopic (exact) mass is 297 g/mol. The lowest BCUT2D eigenvalue weighted by molar-refractivity contribution is 0.615. The SMILES string of the molecule is Cc1nn(Cc2cc(F)ccc2C(N)=S)c(C)c1Cl. The van der Waals surface area contributed by atoms with Crippen LogP contribution < -0.4 is 5.73 Å². The van der Waals surface area contributed by atoms with Gasteiger partial charge >= 0.3 is 0 Å². The molecule has 0 aliphatic rings. The highest BCUT2D eigenvalue weighted by molar-refractivity contribution is 7.80. The summed E-state index contributed by atoms with van der Waals surface area (Å²) in [6.45, 7) is 4.07. The molecule has 0 saturated carbocycles. The van der Waals surface area contributed by atoms with Crippen molar-refractivity contribution in [2.45, 2.75) is 20.4 Å². The molecular weight excluding hydrogens is 285 g/mol. The molecule has 1 aromatic carbocycles. The maximum absolute atomic E-state index is 13.4. The van der Waals surface area contributed by atoms with Crippen LogP contribution in [0.3, 0.4) is 0 Å².